The maximum absolute atomic E-state index is 12.6. The number of aromatic amines is 1. The molecule has 3 rings (SSSR count). The Balaban J connectivity index is 1.91. The van der Waals surface area contributed by atoms with Gasteiger partial charge in [0.25, 0.3) is 5.91 Å². The van der Waals surface area contributed by atoms with Crippen LogP contribution in [0.5, 0.6) is 0 Å². The van der Waals surface area contributed by atoms with Crippen molar-refractivity contribution < 1.29 is 14.7 Å². The van der Waals surface area contributed by atoms with Crippen molar-refractivity contribution >= 4 is 11.9 Å². The molecule has 3 unspecified atom stereocenters. The average molecular weight is 277 g/mol. The van der Waals surface area contributed by atoms with Gasteiger partial charge >= 0.3 is 5.97 Å². The van der Waals surface area contributed by atoms with Gasteiger partial charge in [-0.15, -0.1) is 0 Å². The van der Waals surface area contributed by atoms with E-state index >= 15 is 0 Å². The van der Waals surface area contributed by atoms with Crippen molar-refractivity contribution in [3.63, 3.8) is 0 Å². The molecule has 0 bridgehead atoms. The summed E-state index contributed by atoms with van der Waals surface area (Å²) < 4.78 is 0. The fraction of sp³-hybridized carbons (Fsp3) is 0.643. The van der Waals surface area contributed by atoms with Gasteiger partial charge in [-0.05, 0) is 31.6 Å². The van der Waals surface area contributed by atoms with Gasteiger partial charge in [-0.3, -0.25) is 9.89 Å². The molecule has 2 fully saturated rings. The Morgan fingerprint density at radius 2 is 2.05 bits per heavy atom. The average Bonchev–Trinajstić information content (AvgIpc) is 2.99. The normalized spacial score (nSPS) is 29.8. The van der Waals surface area contributed by atoms with E-state index in [0.717, 1.165) is 25.7 Å². The number of nitrogens with one attached hydrogen (secondary N) is 1. The van der Waals surface area contributed by atoms with Gasteiger partial charge in [0.1, 0.15) is 6.04 Å². The van der Waals surface area contributed by atoms with Gasteiger partial charge in [0.2, 0.25) is 0 Å². The zero-order chi connectivity index (χ0) is 14.1. The summed E-state index contributed by atoms with van der Waals surface area (Å²) >= 11 is 0. The Kier molecular flexibility index (Phi) is 3.46. The van der Waals surface area contributed by atoms with E-state index in [1.54, 1.807) is 4.90 Å². The van der Waals surface area contributed by atoms with Crippen LogP contribution in [0.4, 0.5) is 0 Å². The number of aromatic nitrogens is 2. The Morgan fingerprint density at radius 1 is 1.25 bits per heavy atom. The Bertz CT molecular complexity index is 500. The molecule has 3 atom stereocenters. The number of hydrogen-bond donors (Lipinski definition) is 2. The van der Waals surface area contributed by atoms with E-state index in [-0.39, 0.29) is 11.9 Å². The van der Waals surface area contributed by atoms with Gasteiger partial charge in [-0.2, -0.15) is 5.10 Å². The molecule has 1 saturated heterocycles. The highest BCUT2D eigenvalue weighted by Gasteiger charge is 2.44. The number of carbonyl (C=O) groups is 2. The predicted molar refractivity (Wildman–Crippen MR) is 71.2 cm³/mol. The summed E-state index contributed by atoms with van der Waals surface area (Å²) in [7, 11) is 0. The van der Waals surface area contributed by atoms with Gasteiger partial charge in [0.05, 0.1) is 11.8 Å². The molecule has 6 nitrogen and oxygen atoms in total. The second-order valence-corrected chi connectivity index (χ2v) is 5.74. The molecular formula is C14H19N3O3. The molecule has 0 radical (unpaired) electrons. The molecule has 6 heteroatoms. The van der Waals surface area contributed by atoms with E-state index in [4.69, 9.17) is 0 Å². The van der Waals surface area contributed by atoms with Crippen molar-refractivity contribution in [3.8, 4) is 0 Å². The van der Waals surface area contributed by atoms with Crippen molar-refractivity contribution in [2.24, 2.45) is 5.92 Å². The van der Waals surface area contributed by atoms with E-state index in [1.807, 2.05) is 0 Å². The summed E-state index contributed by atoms with van der Waals surface area (Å²) in [6.45, 7) is 0. The highest BCUT2D eigenvalue weighted by molar-refractivity contribution is 5.96. The van der Waals surface area contributed by atoms with Crippen molar-refractivity contribution in [3.05, 3.63) is 18.0 Å². The summed E-state index contributed by atoms with van der Waals surface area (Å²) in [6, 6.07) is -0.627. The van der Waals surface area contributed by atoms with Crippen LogP contribution in [0.2, 0.25) is 0 Å². The zero-order valence-electron chi connectivity index (χ0n) is 11.3. The monoisotopic (exact) mass is 277 g/mol. The molecule has 2 N–H and O–H groups in total. The summed E-state index contributed by atoms with van der Waals surface area (Å²) in [5.41, 5.74) is 0.447. The van der Waals surface area contributed by atoms with Gasteiger partial charge < -0.3 is 10.0 Å². The largest absolute Gasteiger partial charge is 0.480 e. The van der Waals surface area contributed by atoms with E-state index in [1.165, 1.54) is 18.8 Å². The first-order valence-corrected chi connectivity index (χ1v) is 7.22. The first kappa shape index (κ1) is 13.1. The number of carboxylic acid groups (broad SMARTS) is 1. The Morgan fingerprint density at radius 3 is 2.75 bits per heavy atom. The molecule has 0 aromatic carbocycles. The second kappa shape index (κ2) is 5.26. The minimum Gasteiger partial charge on any atom is -0.480 e. The molecule has 108 valence electrons. The van der Waals surface area contributed by atoms with Gasteiger partial charge in [0, 0.05) is 12.2 Å². The fourth-order valence-electron chi connectivity index (χ4n) is 3.68. The zero-order valence-corrected chi connectivity index (χ0v) is 11.3. The number of aliphatic carboxylic acids is 1. The number of likely N-dealkylation sites (tertiary alicyclic amines) is 1. The number of rotatable bonds is 2. The van der Waals surface area contributed by atoms with Crippen LogP contribution in [0.1, 0.15) is 48.9 Å². The lowest BCUT2D eigenvalue weighted by atomic mass is 9.76. The number of carbonyl (C=O) groups excluding carboxylic acids is 1. The van der Waals surface area contributed by atoms with Crippen LogP contribution in [-0.4, -0.2) is 44.2 Å². The number of hydrogen-bond acceptors (Lipinski definition) is 3. The first-order valence-electron chi connectivity index (χ1n) is 7.22. The Hall–Kier alpha value is -1.85. The molecule has 1 aromatic rings. The number of piperidine rings is 1. The van der Waals surface area contributed by atoms with E-state index in [0.29, 0.717) is 17.9 Å². The quantitative estimate of drug-likeness (QED) is 0.860. The smallest absolute Gasteiger partial charge is 0.326 e. The summed E-state index contributed by atoms with van der Waals surface area (Å²) in [4.78, 5) is 25.7. The van der Waals surface area contributed by atoms with Crippen LogP contribution < -0.4 is 0 Å². The predicted octanol–water partition coefficient (Wildman–Crippen LogP) is 1.66. The SMILES string of the molecule is O=C(O)C1CCC2CCCCC2N1C(=O)c1cn[nH]c1. The van der Waals surface area contributed by atoms with Crippen LogP contribution >= 0.6 is 0 Å². The van der Waals surface area contributed by atoms with Crippen molar-refractivity contribution in [1.82, 2.24) is 15.1 Å². The molecule has 20 heavy (non-hydrogen) atoms. The Labute approximate surface area is 117 Å². The second-order valence-electron chi connectivity index (χ2n) is 5.74. The minimum absolute atomic E-state index is 0.0704. The third-order valence-corrected chi connectivity index (χ3v) is 4.64. The van der Waals surface area contributed by atoms with Crippen LogP contribution in [0.15, 0.2) is 12.4 Å². The van der Waals surface area contributed by atoms with Gasteiger partial charge in [0.15, 0.2) is 0 Å². The molecule has 1 aromatic heterocycles. The molecule has 1 aliphatic carbocycles. The highest BCUT2D eigenvalue weighted by atomic mass is 16.4. The van der Waals surface area contributed by atoms with Crippen molar-refractivity contribution in [1.29, 1.82) is 0 Å². The van der Waals surface area contributed by atoms with Gasteiger partial charge in [-0.1, -0.05) is 12.8 Å². The third-order valence-electron chi connectivity index (χ3n) is 4.64. The van der Waals surface area contributed by atoms with Crippen LogP contribution in [0, 0.1) is 5.92 Å². The van der Waals surface area contributed by atoms with E-state index in [9.17, 15) is 14.7 Å². The third kappa shape index (κ3) is 2.19. The van der Waals surface area contributed by atoms with Crippen LogP contribution in [0.25, 0.3) is 0 Å². The topological polar surface area (TPSA) is 86.3 Å². The summed E-state index contributed by atoms with van der Waals surface area (Å²) in [5.74, 6) is -0.649. The number of amides is 1. The number of carboxylic acids is 1. The standard InChI is InChI=1S/C14H19N3O3/c18-13(10-7-15-16-8-10)17-11-4-2-1-3-9(11)5-6-12(17)14(19)20/h7-9,11-12H,1-6H2,(H,15,16)(H,19,20). The first-order chi connectivity index (χ1) is 9.68. The van der Waals surface area contributed by atoms with Crippen molar-refractivity contribution in [2.75, 3.05) is 0 Å². The molecule has 1 saturated carbocycles. The van der Waals surface area contributed by atoms with E-state index in [2.05, 4.69) is 10.2 Å². The summed E-state index contributed by atoms with van der Waals surface area (Å²) in [6.07, 6.45) is 8.75. The fourth-order valence-corrected chi connectivity index (χ4v) is 3.68. The highest BCUT2D eigenvalue weighted by Crippen LogP contribution is 2.38. The molecule has 0 spiro atoms. The minimum atomic E-state index is -0.897. The number of H-pyrrole nitrogens is 1. The molecule has 1 aliphatic heterocycles. The lowest BCUT2D eigenvalue weighted by Gasteiger charge is -2.47. The lowest BCUT2D eigenvalue weighted by molar-refractivity contribution is -0.146. The maximum atomic E-state index is 12.6. The lowest BCUT2D eigenvalue weighted by Crippen LogP contribution is -2.57. The number of nitrogens with zero attached hydrogens (tertiary/aromatic N) is 2. The molecule has 2 heterocycles. The molecule has 1 amide bonds. The maximum Gasteiger partial charge on any atom is 0.326 e. The van der Waals surface area contributed by atoms with E-state index < -0.39 is 12.0 Å². The van der Waals surface area contributed by atoms with Crippen LogP contribution in [-0.2, 0) is 4.79 Å². The van der Waals surface area contributed by atoms with Crippen LogP contribution in [0.3, 0.4) is 0 Å². The molecular weight excluding hydrogens is 258 g/mol. The number of fused-ring (bicyclic) bond motifs is 1. The summed E-state index contributed by atoms with van der Waals surface area (Å²) in [5, 5.41) is 15.8. The van der Waals surface area contributed by atoms with Crippen molar-refractivity contribution in [2.45, 2.75) is 50.6 Å². The van der Waals surface area contributed by atoms with Gasteiger partial charge in [-0.25, -0.2) is 4.79 Å². The molecule has 2 aliphatic rings.